The number of nitrogens with one attached hydrogen (secondary N) is 1. The third kappa shape index (κ3) is 6.94. The number of amides is 1. The minimum absolute atomic E-state index is 0.285. The van der Waals surface area contributed by atoms with E-state index in [0.717, 1.165) is 25.8 Å². The smallest absolute Gasteiger partial charge is 0.407 e. The SMILES string of the molecule is O=C(NCCCc1ccccc1)OCCCN1CCCCC1. The van der Waals surface area contributed by atoms with Gasteiger partial charge in [0.15, 0.2) is 0 Å². The molecule has 0 aromatic heterocycles. The van der Waals surface area contributed by atoms with Crippen molar-refractivity contribution in [1.29, 1.82) is 0 Å². The quantitative estimate of drug-likeness (QED) is 0.750. The highest BCUT2D eigenvalue weighted by Gasteiger charge is 2.09. The summed E-state index contributed by atoms with van der Waals surface area (Å²) in [6.45, 7) is 4.62. The van der Waals surface area contributed by atoms with Crippen LogP contribution in [0, 0.1) is 0 Å². The first-order valence-electron chi connectivity index (χ1n) is 8.51. The molecule has 0 aliphatic carbocycles. The predicted molar refractivity (Wildman–Crippen MR) is 89.0 cm³/mol. The van der Waals surface area contributed by atoms with Gasteiger partial charge in [-0.1, -0.05) is 36.8 Å². The van der Waals surface area contributed by atoms with Crippen LogP contribution in [-0.2, 0) is 11.2 Å². The molecule has 1 amide bonds. The Morgan fingerprint density at radius 3 is 2.64 bits per heavy atom. The number of hydrogen-bond donors (Lipinski definition) is 1. The molecule has 0 radical (unpaired) electrons. The normalized spacial score (nSPS) is 15.5. The third-order valence-electron chi connectivity index (χ3n) is 4.05. The zero-order valence-corrected chi connectivity index (χ0v) is 13.4. The number of rotatable bonds is 8. The fourth-order valence-electron chi connectivity index (χ4n) is 2.81. The molecule has 122 valence electrons. The summed E-state index contributed by atoms with van der Waals surface area (Å²) in [6.07, 6.45) is 6.54. The van der Waals surface area contributed by atoms with Crippen molar-refractivity contribution in [3.05, 3.63) is 35.9 Å². The number of piperidine rings is 1. The van der Waals surface area contributed by atoms with E-state index in [1.54, 1.807) is 0 Å². The van der Waals surface area contributed by atoms with Crippen LogP contribution >= 0.6 is 0 Å². The molecule has 4 nitrogen and oxygen atoms in total. The minimum Gasteiger partial charge on any atom is -0.450 e. The average molecular weight is 304 g/mol. The highest BCUT2D eigenvalue weighted by molar-refractivity contribution is 5.66. The van der Waals surface area contributed by atoms with Crippen molar-refractivity contribution in [3.8, 4) is 0 Å². The molecule has 0 saturated carbocycles. The fraction of sp³-hybridized carbons (Fsp3) is 0.611. The van der Waals surface area contributed by atoms with Gasteiger partial charge >= 0.3 is 6.09 Å². The second kappa shape index (κ2) is 10.2. The number of ether oxygens (including phenoxy) is 1. The van der Waals surface area contributed by atoms with E-state index in [-0.39, 0.29) is 6.09 Å². The van der Waals surface area contributed by atoms with Gasteiger partial charge in [-0.15, -0.1) is 0 Å². The summed E-state index contributed by atoms with van der Waals surface area (Å²) in [7, 11) is 0. The number of alkyl carbamates (subject to hydrolysis) is 1. The van der Waals surface area contributed by atoms with Gasteiger partial charge < -0.3 is 15.0 Å². The Bertz CT molecular complexity index is 416. The Morgan fingerprint density at radius 2 is 1.86 bits per heavy atom. The predicted octanol–water partition coefficient (Wildman–Crippen LogP) is 3.22. The molecule has 1 saturated heterocycles. The molecule has 0 atom stereocenters. The summed E-state index contributed by atoms with van der Waals surface area (Å²) in [5.74, 6) is 0. The Kier molecular flexibility index (Phi) is 7.81. The first-order valence-corrected chi connectivity index (χ1v) is 8.51. The molecular weight excluding hydrogens is 276 g/mol. The van der Waals surface area contributed by atoms with E-state index < -0.39 is 0 Å². The zero-order valence-electron chi connectivity index (χ0n) is 13.4. The summed E-state index contributed by atoms with van der Waals surface area (Å²) in [5, 5.41) is 2.82. The van der Waals surface area contributed by atoms with Crippen LogP contribution < -0.4 is 5.32 Å². The monoisotopic (exact) mass is 304 g/mol. The molecule has 0 unspecified atom stereocenters. The summed E-state index contributed by atoms with van der Waals surface area (Å²) < 4.78 is 5.21. The van der Waals surface area contributed by atoms with E-state index in [2.05, 4.69) is 22.3 Å². The molecule has 1 fully saturated rings. The van der Waals surface area contributed by atoms with E-state index in [0.29, 0.717) is 13.2 Å². The highest BCUT2D eigenvalue weighted by Crippen LogP contribution is 2.08. The van der Waals surface area contributed by atoms with E-state index in [1.807, 2.05) is 18.2 Å². The maximum Gasteiger partial charge on any atom is 0.407 e. The van der Waals surface area contributed by atoms with Gasteiger partial charge in [-0.2, -0.15) is 0 Å². The van der Waals surface area contributed by atoms with Crippen LogP contribution in [0.15, 0.2) is 30.3 Å². The summed E-state index contributed by atoms with van der Waals surface area (Å²) in [4.78, 5) is 14.0. The number of hydrogen-bond acceptors (Lipinski definition) is 3. The molecule has 1 N–H and O–H groups in total. The van der Waals surface area contributed by atoms with Crippen LogP contribution in [0.25, 0.3) is 0 Å². The van der Waals surface area contributed by atoms with Crippen molar-refractivity contribution in [1.82, 2.24) is 10.2 Å². The maximum atomic E-state index is 11.6. The van der Waals surface area contributed by atoms with E-state index in [1.165, 1.54) is 37.9 Å². The molecule has 0 bridgehead atoms. The third-order valence-corrected chi connectivity index (χ3v) is 4.05. The van der Waals surface area contributed by atoms with Crippen molar-refractivity contribution in [2.75, 3.05) is 32.8 Å². The van der Waals surface area contributed by atoms with Crippen LogP contribution in [0.2, 0.25) is 0 Å². The second-order valence-electron chi connectivity index (χ2n) is 5.91. The van der Waals surface area contributed by atoms with Gasteiger partial charge in [0, 0.05) is 13.1 Å². The first kappa shape index (κ1) is 16.8. The number of aryl methyl sites for hydroxylation is 1. The second-order valence-corrected chi connectivity index (χ2v) is 5.91. The average Bonchev–Trinajstić information content (AvgIpc) is 2.57. The highest BCUT2D eigenvalue weighted by atomic mass is 16.5. The molecule has 0 spiro atoms. The van der Waals surface area contributed by atoms with Crippen molar-refractivity contribution >= 4 is 6.09 Å². The number of carbonyl (C=O) groups excluding carboxylic acids is 1. The van der Waals surface area contributed by atoms with Gasteiger partial charge in [-0.3, -0.25) is 0 Å². The van der Waals surface area contributed by atoms with E-state index >= 15 is 0 Å². The molecule has 1 aromatic carbocycles. The molecular formula is C18H28N2O2. The van der Waals surface area contributed by atoms with Gasteiger partial charge in [-0.25, -0.2) is 4.79 Å². The van der Waals surface area contributed by atoms with Crippen LogP contribution in [0.5, 0.6) is 0 Å². The standard InChI is InChI=1S/C18H28N2O2/c21-18(19-12-7-11-17-9-3-1-4-10-17)22-16-8-15-20-13-5-2-6-14-20/h1,3-4,9-10H,2,5-8,11-16H2,(H,19,21). The Balaban J connectivity index is 1.44. The lowest BCUT2D eigenvalue weighted by molar-refractivity contribution is 0.135. The Hall–Kier alpha value is -1.55. The fourth-order valence-corrected chi connectivity index (χ4v) is 2.81. The number of carbonyl (C=O) groups is 1. The van der Waals surface area contributed by atoms with Gasteiger partial charge in [-0.05, 0) is 50.8 Å². The van der Waals surface area contributed by atoms with Gasteiger partial charge in [0.1, 0.15) is 0 Å². The molecule has 1 aliphatic rings. The van der Waals surface area contributed by atoms with Crippen molar-refractivity contribution in [2.45, 2.75) is 38.5 Å². The molecule has 1 aromatic rings. The van der Waals surface area contributed by atoms with Crippen LogP contribution in [0.1, 0.15) is 37.7 Å². The van der Waals surface area contributed by atoms with Crippen molar-refractivity contribution in [2.24, 2.45) is 0 Å². The molecule has 22 heavy (non-hydrogen) atoms. The first-order chi connectivity index (χ1) is 10.8. The molecule has 1 heterocycles. The van der Waals surface area contributed by atoms with Crippen molar-refractivity contribution in [3.63, 3.8) is 0 Å². The van der Waals surface area contributed by atoms with Crippen LogP contribution in [0.3, 0.4) is 0 Å². The van der Waals surface area contributed by atoms with Gasteiger partial charge in [0.2, 0.25) is 0 Å². The number of likely N-dealkylation sites (tertiary alicyclic amines) is 1. The van der Waals surface area contributed by atoms with Crippen LogP contribution in [0.4, 0.5) is 4.79 Å². The largest absolute Gasteiger partial charge is 0.450 e. The van der Waals surface area contributed by atoms with Gasteiger partial charge in [0.05, 0.1) is 6.61 Å². The Morgan fingerprint density at radius 1 is 1.09 bits per heavy atom. The number of nitrogens with zero attached hydrogens (tertiary/aromatic N) is 1. The maximum absolute atomic E-state index is 11.6. The van der Waals surface area contributed by atoms with E-state index in [4.69, 9.17) is 4.74 Å². The summed E-state index contributed by atoms with van der Waals surface area (Å²) in [6, 6.07) is 10.3. The lowest BCUT2D eigenvalue weighted by atomic mass is 10.1. The minimum atomic E-state index is -0.285. The lowest BCUT2D eigenvalue weighted by Crippen LogP contribution is -2.32. The number of benzene rings is 1. The Labute approximate surface area is 133 Å². The van der Waals surface area contributed by atoms with E-state index in [9.17, 15) is 4.79 Å². The zero-order chi connectivity index (χ0) is 15.5. The summed E-state index contributed by atoms with van der Waals surface area (Å²) >= 11 is 0. The summed E-state index contributed by atoms with van der Waals surface area (Å²) in [5.41, 5.74) is 1.30. The van der Waals surface area contributed by atoms with Crippen LogP contribution in [-0.4, -0.2) is 43.8 Å². The lowest BCUT2D eigenvalue weighted by Gasteiger charge is -2.26. The molecule has 4 heteroatoms. The van der Waals surface area contributed by atoms with Gasteiger partial charge in [0.25, 0.3) is 0 Å². The van der Waals surface area contributed by atoms with Crippen molar-refractivity contribution < 1.29 is 9.53 Å². The molecule has 2 rings (SSSR count). The topological polar surface area (TPSA) is 41.6 Å². The molecule has 1 aliphatic heterocycles.